The molecule has 0 saturated heterocycles. The van der Waals surface area contributed by atoms with E-state index in [0.29, 0.717) is 40.2 Å². The summed E-state index contributed by atoms with van der Waals surface area (Å²) in [5, 5.41) is 11.3. The van der Waals surface area contributed by atoms with Crippen molar-refractivity contribution in [2.75, 3.05) is 7.11 Å². The van der Waals surface area contributed by atoms with Crippen LogP contribution in [0.2, 0.25) is 0 Å². The number of carbonyl (C=O) groups excluding carboxylic acids is 2. The Balaban J connectivity index is 1.90. The topological polar surface area (TPSA) is 82.1 Å². The fraction of sp³-hybridized carbons (Fsp3) is 0.467. The van der Waals surface area contributed by atoms with E-state index in [4.69, 9.17) is 14.2 Å². The number of fused-ring (bicyclic) bond motifs is 1. The van der Waals surface area contributed by atoms with Crippen LogP contribution in [0.1, 0.15) is 98.7 Å². The van der Waals surface area contributed by atoms with Crippen molar-refractivity contribution in [1.82, 2.24) is 0 Å². The molecule has 0 radical (unpaired) electrons. The van der Waals surface area contributed by atoms with E-state index in [1.54, 1.807) is 37.4 Å². The van der Waals surface area contributed by atoms with Crippen molar-refractivity contribution in [3.63, 3.8) is 0 Å². The van der Waals surface area contributed by atoms with E-state index in [1.165, 1.54) is 12.5 Å². The van der Waals surface area contributed by atoms with Crippen LogP contribution in [0.15, 0.2) is 42.0 Å². The van der Waals surface area contributed by atoms with Crippen molar-refractivity contribution >= 4 is 11.8 Å². The number of Topliss-reactive ketones (excluding diaryl/α,β-unsaturated/α-hetero) is 1. The Kier molecular flexibility index (Phi) is 7.72. The first-order valence-corrected chi connectivity index (χ1v) is 12.9. The molecule has 0 fully saturated rings. The number of unbranched alkanes of at least 4 members (excludes halogenated alkanes) is 2. The number of rotatable bonds is 9. The van der Waals surface area contributed by atoms with Crippen molar-refractivity contribution in [3.05, 3.63) is 64.2 Å². The molecule has 0 spiro atoms. The summed E-state index contributed by atoms with van der Waals surface area (Å²) in [5.41, 5.74) is 3.46. The highest BCUT2D eigenvalue weighted by atomic mass is 16.7. The maximum absolute atomic E-state index is 13.7. The number of hydrogen-bond donors (Lipinski definition) is 1. The number of phenols is 1. The largest absolute Gasteiger partial charge is 0.507 e. The van der Waals surface area contributed by atoms with Gasteiger partial charge in [0, 0.05) is 17.0 Å². The standard InChI is InChI=1S/C30H36O6/c1-5-6-7-10-22-17-25(32)26(21-11-8-9-19(2)16-21)28-27(22)29(33)36-30(35-28,18-20(3)31)23-12-14-24(34-4)15-13-23/h12-17,21,32H,5-11,18H2,1-4H3. The molecule has 1 aliphatic heterocycles. The third-order valence-electron chi connectivity index (χ3n) is 7.11. The number of aromatic hydroxyl groups is 1. The summed E-state index contributed by atoms with van der Waals surface area (Å²) in [6.07, 6.45) is 8.41. The van der Waals surface area contributed by atoms with Gasteiger partial charge in [-0.25, -0.2) is 4.79 Å². The van der Waals surface area contributed by atoms with Crippen LogP contribution in [-0.4, -0.2) is 24.0 Å². The molecule has 2 aromatic rings. The van der Waals surface area contributed by atoms with E-state index in [2.05, 4.69) is 19.9 Å². The quantitative estimate of drug-likeness (QED) is 0.237. The van der Waals surface area contributed by atoms with Crippen LogP contribution in [0, 0.1) is 0 Å². The Morgan fingerprint density at radius 1 is 1.19 bits per heavy atom. The number of methoxy groups -OCH3 is 1. The van der Waals surface area contributed by atoms with Gasteiger partial charge >= 0.3 is 5.97 Å². The first-order chi connectivity index (χ1) is 17.3. The fourth-order valence-electron chi connectivity index (χ4n) is 5.35. The summed E-state index contributed by atoms with van der Waals surface area (Å²) >= 11 is 0. The molecule has 4 rings (SSSR count). The second-order valence-corrected chi connectivity index (χ2v) is 9.99. The number of esters is 1. The average molecular weight is 493 g/mol. The van der Waals surface area contributed by atoms with E-state index in [9.17, 15) is 14.7 Å². The molecule has 2 aromatic carbocycles. The lowest BCUT2D eigenvalue weighted by molar-refractivity contribution is -0.172. The first-order valence-electron chi connectivity index (χ1n) is 12.9. The van der Waals surface area contributed by atoms with Crippen LogP contribution < -0.4 is 9.47 Å². The van der Waals surface area contributed by atoms with E-state index in [-0.39, 0.29) is 23.9 Å². The number of cyclic esters (lactones) is 1. The Hall–Kier alpha value is -3.28. The molecular formula is C30H36O6. The zero-order valence-corrected chi connectivity index (χ0v) is 21.7. The van der Waals surface area contributed by atoms with Crippen molar-refractivity contribution in [2.24, 2.45) is 0 Å². The van der Waals surface area contributed by atoms with Gasteiger partial charge in [0.25, 0.3) is 5.79 Å². The molecule has 1 aliphatic carbocycles. The number of ketones is 1. The summed E-state index contributed by atoms with van der Waals surface area (Å²) < 4.78 is 17.9. The highest BCUT2D eigenvalue weighted by Gasteiger charge is 2.48. The number of hydrogen-bond acceptors (Lipinski definition) is 6. The minimum Gasteiger partial charge on any atom is -0.507 e. The highest BCUT2D eigenvalue weighted by Crippen LogP contribution is 2.50. The lowest BCUT2D eigenvalue weighted by Gasteiger charge is -2.40. The molecule has 6 nitrogen and oxygen atoms in total. The van der Waals surface area contributed by atoms with Gasteiger partial charge in [0.15, 0.2) is 0 Å². The van der Waals surface area contributed by atoms with Crippen LogP contribution in [0.5, 0.6) is 17.2 Å². The minimum absolute atomic E-state index is 0.0889. The maximum atomic E-state index is 13.7. The van der Waals surface area contributed by atoms with E-state index in [1.807, 2.05) is 0 Å². The van der Waals surface area contributed by atoms with Gasteiger partial charge in [0.05, 0.1) is 13.5 Å². The maximum Gasteiger partial charge on any atom is 0.345 e. The summed E-state index contributed by atoms with van der Waals surface area (Å²) in [6, 6.07) is 8.69. The second kappa shape index (κ2) is 10.8. The van der Waals surface area contributed by atoms with Gasteiger partial charge in [-0.15, -0.1) is 0 Å². The van der Waals surface area contributed by atoms with Crippen LogP contribution in [0.3, 0.4) is 0 Å². The number of benzene rings is 2. The summed E-state index contributed by atoms with van der Waals surface area (Å²) in [4.78, 5) is 26.1. The van der Waals surface area contributed by atoms with Gasteiger partial charge in [-0.3, -0.25) is 4.79 Å². The molecule has 2 aliphatic rings. The van der Waals surface area contributed by atoms with Crippen LogP contribution in [-0.2, 0) is 21.7 Å². The SMILES string of the molecule is CCCCCc1cc(O)c(C2C=C(C)CCC2)c2c1C(=O)OC(CC(C)=O)(c1ccc(OC)cc1)O2. The molecule has 1 heterocycles. The molecule has 2 unspecified atom stereocenters. The van der Waals surface area contributed by atoms with Crippen LogP contribution in [0.4, 0.5) is 0 Å². The minimum atomic E-state index is -1.63. The van der Waals surface area contributed by atoms with Gasteiger partial charge in [-0.1, -0.05) is 31.4 Å². The Bertz CT molecular complexity index is 1160. The summed E-state index contributed by atoms with van der Waals surface area (Å²) in [6.45, 7) is 5.65. The molecule has 192 valence electrons. The van der Waals surface area contributed by atoms with Gasteiger partial charge in [0.1, 0.15) is 28.6 Å². The van der Waals surface area contributed by atoms with Gasteiger partial charge in [0.2, 0.25) is 0 Å². The van der Waals surface area contributed by atoms with E-state index < -0.39 is 11.8 Å². The molecule has 1 N–H and O–H groups in total. The number of carbonyl (C=O) groups is 2. The number of ether oxygens (including phenoxy) is 3. The van der Waals surface area contributed by atoms with Crippen molar-refractivity contribution < 1.29 is 28.9 Å². The monoisotopic (exact) mass is 492 g/mol. The smallest absolute Gasteiger partial charge is 0.345 e. The molecule has 0 bridgehead atoms. The molecular weight excluding hydrogens is 456 g/mol. The predicted octanol–water partition coefficient (Wildman–Crippen LogP) is 6.73. The fourth-order valence-corrected chi connectivity index (χ4v) is 5.35. The number of allylic oxidation sites excluding steroid dienone is 2. The normalized spacial score (nSPS) is 21.2. The number of phenolic OH excluding ortho intramolecular Hbond substituents is 1. The summed E-state index contributed by atoms with van der Waals surface area (Å²) in [7, 11) is 1.57. The summed E-state index contributed by atoms with van der Waals surface area (Å²) in [5.74, 6) is -1.33. The molecule has 0 amide bonds. The third kappa shape index (κ3) is 5.13. The molecule has 6 heteroatoms. The molecule has 36 heavy (non-hydrogen) atoms. The third-order valence-corrected chi connectivity index (χ3v) is 7.11. The van der Waals surface area contributed by atoms with E-state index >= 15 is 0 Å². The second-order valence-electron chi connectivity index (χ2n) is 9.99. The first kappa shape index (κ1) is 25.8. The zero-order valence-electron chi connectivity index (χ0n) is 21.7. The molecule has 2 atom stereocenters. The Morgan fingerprint density at radius 3 is 2.58 bits per heavy atom. The predicted molar refractivity (Wildman–Crippen MR) is 138 cm³/mol. The van der Waals surface area contributed by atoms with Crippen molar-refractivity contribution in [3.8, 4) is 17.2 Å². The molecule has 0 aromatic heterocycles. The van der Waals surface area contributed by atoms with Gasteiger partial charge in [-0.2, -0.15) is 0 Å². The Morgan fingerprint density at radius 2 is 1.94 bits per heavy atom. The van der Waals surface area contributed by atoms with Crippen molar-refractivity contribution in [1.29, 1.82) is 0 Å². The van der Waals surface area contributed by atoms with E-state index in [0.717, 1.165) is 38.5 Å². The Labute approximate surface area is 213 Å². The zero-order chi connectivity index (χ0) is 25.9. The van der Waals surface area contributed by atoms with Crippen LogP contribution >= 0.6 is 0 Å². The van der Waals surface area contributed by atoms with Crippen LogP contribution in [0.25, 0.3) is 0 Å². The van der Waals surface area contributed by atoms with Gasteiger partial charge in [-0.05, 0) is 81.8 Å². The number of aryl methyl sites for hydroxylation is 1. The lowest BCUT2D eigenvalue weighted by Crippen LogP contribution is -2.44. The lowest BCUT2D eigenvalue weighted by atomic mass is 9.82. The average Bonchev–Trinajstić information content (AvgIpc) is 2.83. The highest BCUT2D eigenvalue weighted by molar-refractivity contribution is 5.97. The molecule has 0 saturated carbocycles. The van der Waals surface area contributed by atoms with Crippen molar-refractivity contribution in [2.45, 2.75) is 83.8 Å². The van der Waals surface area contributed by atoms with Gasteiger partial charge < -0.3 is 19.3 Å².